The van der Waals surface area contributed by atoms with Crippen LogP contribution < -0.4 is 0 Å². The zero-order chi connectivity index (χ0) is 15.5. The Balaban J connectivity index is 1.98. The summed E-state index contributed by atoms with van der Waals surface area (Å²) in [5.41, 5.74) is 0.805. The third kappa shape index (κ3) is 4.74. The number of aliphatic hydroxyl groups excluding tert-OH is 1. The molecule has 21 heavy (non-hydrogen) atoms. The standard InChI is InChI=1S/C15H15ClO3S2/c1-21(18,19)14-8-6-13(7-9-14)20-10-15(17)11-2-4-12(16)5-3-11/h2-9,15,17H,10H2,1H3. The van der Waals surface area contributed by atoms with E-state index in [1.54, 1.807) is 48.5 Å². The van der Waals surface area contributed by atoms with Crippen LogP contribution in [0.3, 0.4) is 0 Å². The van der Waals surface area contributed by atoms with Crippen LogP contribution in [0.25, 0.3) is 0 Å². The number of benzene rings is 2. The molecule has 1 N–H and O–H groups in total. The second-order valence-electron chi connectivity index (χ2n) is 4.62. The fraction of sp³-hybridized carbons (Fsp3) is 0.200. The highest BCUT2D eigenvalue weighted by Gasteiger charge is 2.10. The first kappa shape index (κ1) is 16.4. The second-order valence-corrected chi connectivity index (χ2v) is 8.17. The second kappa shape index (κ2) is 6.83. The van der Waals surface area contributed by atoms with Crippen LogP contribution in [0.15, 0.2) is 58.3 Å². The molecule has 0 saturated carbocycles. The Hall–Kier alpha value is -1.01. The third-order valence-electron chi connectivity index (χ3n) is 2.91. The molecule has 0 spiro atoms. The minimum Gasteiger partial charge on any atom is -0.388 e. The molecule has 1 unspecified atom stereocenters. The number of rotatable bonds is 5. The first-order chi connectivity index (χ1) is 9.86. The molecule has 0 saturated heterocycles. The average molecular weight is 343 g/mol. The highest BCUT2D eigenvalue weighted by atomic mass is 35.5. The molecule has 0 bridgehead atoms. The fourth-order valence-electron chi connectivity index (χ4n) is 1.74. The molecule has 0 heterocycles. The summed E-state index contributed by atoms with van der Waals surface area (Å²) in [5.74, 6) is 0.486. The zero-order valence-electron chi connectivity index (χ0n) is 11.4. The Morgan fingerprint density at radius 2 is 1.67 bits per heavy atom. The summed E-state index contributed by atoms with van der Waals surface area (Å²) in [6.45, 7) is 0. The van der Waals surface area contributed by atoms with Crippen molar-refractivity contribution in [2.75, 3.05) is 12.0 Å². The van der Waals surface area contributed by atoms with Crippen LogP contribution in [0.5, 0.6) is 0 Å². The van der Waals surface area contributed by atoms with Gasteiger partial charge in [-0.2, -0.15) is 0 Å². The average Bonchev–Trinajstić information content (AvgIpc) is 2.45. The van der Waals surface area contributed by atoms with E-state index in [4.69, 9.17) is 11.6 Å². The van der Waals surface area contributed by atoms with Crippen molar-refractivity contribution in [1.82, 2.24) is 0 Å². The highest BCUT2D eigenvalue weighted by Crippen LogP contribution is 2.26. The van der Waals surface area contributed by atoms with Crippen molar-refractivity contribution in [3.8, 4) is 0 Å². The first-order valence-corrected chi connectivity index (χ1v) is 9.48. The Morgan fingerprint density at radius 1 is 1.10 bits per heavy atom. The lowest BCUT2D eigenvalue weighted by Crippen LogP contribution is -2.00. The fourth-order valence-corrected chi connectivity index (χ4v) is 3.37. The highest BCUT2D eigenvalue weighted by molar-refractivity contribution is 7.99. The summed E-state index contributed by atoms with van der Waals surface area (Å²) in [5, 5.41) is 10.7. The van der Waals surface area contributed by atoms with Crippen molar-refractivity contribution in [3.05, 3.63) is 59.1 Å². The summed E-state index contributed by atoms with van der Waals surface area (Å²) in [6.07, 6.45) is 0.584. The lowest BCUT2D eigenvalue weighted by molar-refractivity contribution is 0.204. The number of hydrogen-bond acceptors (Lipinski definition) is 4. The van der Waals surface area contributed by atoms with Crippen LogP contribution >= 0.6 is 23.4 Å². The van der Waals surface area contributed by atoms with Crippen molar-refractivity contribution >= 4 is 33.2 Å². The zero-order valence-corrected chi connectivity index (χ0v) is 13.8. The van der Waals surface area contributed by atoms with Crippen molar-refractivity contribution in [2.45, 2.75) is 15.9 Å². The summed E-state index contributed by atoms with van der Waals surface area (Å²) in [7, 11) is -3.17. The molecular weight excluding hydrogens is 328 g/mol. The van der Waals surface area contributed by atoms with E-state index in [0.29, 0.717) is 15.7 Å². The quantitative estimate of drug-likeness (QED) is 0.844. The topological polar surface area (TPSA) is 54.4 Å². The van der Waals surface area contributed by atoms with E-state index in [1.807, 2.05) is 0 Å². The maximum absolute atomic E-state index is 11.4. The molecular formula is C15H15ClO3S2. The molecule has 0 aliphatic carbocycles. The van der Waals surface area contributed by atoms with Crippen LogP contribution in [0, 0.1) is 0 Å². The predicted molar refractivity (Wildman–Crippen MR) is 86.7 cm³/mol. The Kier molecular flexibility index (Phi) is 5.32. The molecule has 0 radical (unpaired) electrons. The van der Waals surface area contributed by atoms with Crippen LogP contribution in [-0.4, -0.2) is 25.5 Å². The predicted octanol–water partition coefficient (Wildman–Crippen LogP) is 3.57. The van der Waals surface area contributed by atoms with Crippen LogP contribution in [0.4, 0.5) is 0 Å². The molecule has 6 heteroatoms. The Morgan fingerprint density at radius 3 is 2.19 bits per heavy atom. The maximum atomic E-state index is 11.4. The number of sulfone groups is 1. The van der Waals surface area contributed by atoms with Gasteiger partial charge in [-0.15, -0.1) is 11.8 Å². The van der Waals surface area contributed by atoms with Crippen molar-refractivity contribution < 1.29 is 13.5 Å². The van der Waals surface area contributed by atoms with Crippen LogP contribution in [0.2, 0.25) is 5.02 Å². The maximum Gasteiger partial charge on any atom is 0.175 e. The van der Waals surface area contributed by atoms with E-state index in [1.165, 1.54) is 18.0 Å². The minimum absolute atomic E-state index is 0.296. The molecule has 3 nitrogen and oxygen atoms in total. The van der Waals surface area contributed by atoms with Crippen LogP contribution in [0.1, 0.15) is 11.7 Å². The van der Waals surface area contributed by atoms with Gasteiger partial charge in [0, 0.05) is 21.9 Å². The van der Waals surface area contributed by atoms with Gasteiger partial charge in [-0.05, 0) is 42.0 Å². The van der Waals surface area contributed by atoms with Gasteiger partial charge in [0.15, 0.2) is 9.84 Å². The molecule has 2 rings (SSSR count). The largest absolute Gasteiger partial charge is 0.388 e. The lowest BCUT2D eigenvalue weighted by Gasteiger charge is -2.11. The van der Waals surface area contributed by atoms with E-state index in [2.05, 4.69) is 0 Å². The minimum atomic E-state index is -3.17. The van der Waals surface area contributed by atoms with Crippen molar-refractivity contribution in [3.63, 3.8) is 0 Å². The van der Waals surface area contributed by atoms with E-state index in [-0.39, 0.29) is 0 Å². The van der Waals surface area contributed by atoms with E-state index in [9.17, 15) is 13.5 Å². The number of thioether (sulfide) groups is 1. The van der Waals surface area contributed by atoms with Gasteiger partial charge in [0.1, 0.15) is 0 Å². The summed E-state index contributed by atoms with van der Waals surface area (Å²) < 4.78 is 22.7. The smallest absolute Gasteiger partial charge is 0.175 e. The number of aliphatic hydroxyl groups is 1. The van der Waals surface area contributed by atoms with Gasteiger partial charge < -0.3 is 5.11 Å². The van der Waals surface area contributed by atoms with Crippen molar-refractivity contribution in [1.29, 1.82) is 0 Å². The summed E-state index contributed by atoms with van der Waals surface area (Å²) >= 11 is 7.27. The van der Waals surface area contributed by atoms with Gasteiger partial charge in [-0.3, -0.25) is 0 Å². The summed E-state index contributed by atoms with van der Waals surface area (Å²) in [6, 6.07) is 13.7. The number of hydrogen-bond donors (Lipinski definition) is 1. The van der Waals surface area contributed by atoms with Gasteiger partial charge in [0.2, 0.25) is 0 Å². The van der Waals surface area contributed by atoms with Crippen LogP contribution in [-0.2, 0) is 9.84 Å². The van der Waals surface area contributed by atoms with Crippen molar-refractivity contribution in [2.24, 2.45) is 0 Å². The Bertz CT molecular complexity index is 695. The SMILES string of the molecule is CS(=O)(=O)c1ccc(SCC(O)c2ccc(Cl)cc2)cc1. The third-order valence-corrected chi connectivity index (χ3v) is 5.38. The van der Waals surface area contributed by atoms with Gasteiger partial charge >= 0.3 is 0 Å². The molecule has 0 aromatic heterocycles. The molecule has 0 fully saturated rings. The molecule has 2 aromatic rings. The molecule has 112 valence electrons. The van der Waals surface area contributed by atoms with E-state index >= 15 is 0 Å². The molecule has 0 aliphatic rings. The molecule has 0 aliphatic heterocycles. The Labute approximate surface area is 133 Å². The van der Waals surface area contributed by atoms with E-state index < -0.39 is 15.9 Å². The number of halogens is 1. The monoisotopic (exact) mass is 342 g/mol. The molecule has 1 atom stereocenters. The van der Waals surface area contributed by atoms with Gasteiger partial charge in [0.05, 0.1) is 11.0 Å². The normalized spacial score (nSPS) is 13.1. The molecule has 2 aromatic carbocycles. The molecule has 0 amide bonds. The van der Waals surface area contributed by atoms with Gasteiger partial charge in [-0.25, -0.2) is 8.42 Å². The summed E-state index contributed by atoms with van der Waals surface area (Å²) in [4.78, 5) is 1.21. The van der Waals surface area contributed by atoms with E-state index in [0.717, 1.165) is 10.5 Å². The van der Waals surface area contributed by atoms with Gasteiger partial charge in [0.25, 0.3) is 0 Å². The first-order valence-electron chi connectivity index (χ1n) is 6.23. The lowest BCUT2D eigenvalue weighted by atomic mass is 10.1. The van der Waals surface area contributed by atoms with Gasteiger partial charge in [-0.1, -0.05) is 23.7 Å².